The van der Waals surface area contributed by atoms with Crippen LogP contribution in [0.3, 0.4) is 0 Å². The highest BCUT2D eigenvalue weighted by atomic mass is 15.1. The zero-order valence-corrected chi connectivity index (χ0v) is 23.1. The maximum absolute atomic E-state index is 3.38. The molecule has 7 aromatic rings. The van der Waals surface area contributed by atoms with Crippen LogP contribution in [0, 0.1) is 0 Å². The molecular weight excluding hydrogens is 484 g/mol. The predicted octanol–water partition coefficient (Wildman–Crippen LogP) is 10.3. The van der Waals surface area contributed by atoms with Gasteiger partial charge in [0.25, 0.3) is 0 Å². The molecule has 40 heavy (non-hydrogen) atoms. The normalized spacial score (nSPS) is 11.3. The number of benzene rings is 6. The molecule has 1 heterocycles. The second kappa shape index (κ2) is 11.5. The fraction of sp³-hybridized carbons (Fsp3) is 0.105. The third kappa shape index (κ3) is 5.09. The van der Waals surface area contributed by atoms with Crippen molar-refractivity contribution in [3.05, 3.63) is 139 Å². The smallest absolute Gasteiger partial charge is 0.0464 e. The number of rotatable bonds is 5. The summed E-state index contributed by atoms with van der Waals surface area (Å²) in [6.45, 7) is 6.47. The summed E-state index contributed by atoms with van der Waals surface area (Å²) in [5.41, 5.74) is 6.22. The highest BCUT2D eigenvalue weighted by Gasteiger charge is 2.05. The number of aromatic nitrogens is 1. The van der Waals surface area contributed by atoms with Crippen LogP contribution in [0.15, 0.2) is 127 Å². The van der Waals surface area contributed by atoms with Gasteiger partial charge in [-0.3, -0.25) is 0 Å². The number of aromatic amines is 1. The summed E-state index contributed by atoms with van der Waals surface area (Å²) in [4.78, 5) is 5.74. The number of nitrogens with one attached hydrogen (secondary N) is 1. The van der Waals surface area contributed by atoms with Crippen molar-refractivity contribution in [3.63, 3.8) is 0 Å². The Morgan fingerprint density at radius 3 is 1.52 bits per heavy atom. The van der Waals surface area contributed by atoms with E-state index in [0.717, 1.165) is 13.1 Å². The summed E-state index contributed by atoms with van der Waals surface area (Å²) in [6, 6.07) is 45.1. The molecule has 1 N–H and O–H groups in total. The molecule has 2 heteroatoms. The molecule has 0 aliphatic heterocycles. The predicted molar refractivity (Wildman–Crippen MR) is 176 cm³/mol. The highest BCUT2D eigenvalue weighted by Crippen LogP contribution is 2.30. The van der Waals surface area contributed by atoms with E-state index in [2.05, 4.69) is 163 Å². The van der Waals surface area contributed by atoms with Crippen LogP contribution in [-0.2, 0) is 0 Å². The number of anilines is 1. The van der Waals surface area contributed by atoms with E-state index < -0.39 is 0 Å². The second-order valence-corrected chi connectivity index (χ2v) is 10.0. The third-order valence-corrected chi connectivity index (χ3v) is 7.69. The van der Waals surface area contributed by atoms with E-state index in [4.69, 9.17) is 0 Å². The molecule has 0 bridgehead atoms. The van der Waals surface area contributed by atoms with E-state index in [-0.39, 0.29) is 0 Å². The number of hydrogen-bond donors (Lipinski definition) is 1. The molecule has 0 saturated carbocycles. The second-order valence-electron chi connectivity index (χ2n) is 10.0. The van der Waals surface area contributed by atoms with Crippen LogP contribution in [-0.4, -0.2) is 18.1 Å². The van der Waals surface area contributed by atoms with Crippen molar-refractivity contribution < 1.29 is 0 Å². The monoisotopic (exact) mass is 518 g/mol. The first-order valence-corrected chi connectivity index (χ1v) is 14.1. The molecule has 196 valence electrons. The zero-order chi connectivity index (χ0) is 27.3. The van der Waals surface area contributed by atoms with E-state index in [1.165, 1.54) is 60.2 Å². The Bertz CT molecular complexity index is 1820. The molecule has 6 aromatic carbocycles. The lowest BCUT2D eigenvalue weighted by molar-refractivity contribution is 0.866. The van der Waals surface area contributed by atoms with Crippen molar-refractivity contribution >= 4 is 61.2 Å². The van der Waals surface area contributed by atoms with Gasteiger partial charge in [0.1, 0.15) is 0 Å². The van der Waals surface area contributed by atoms with Crippen LogP contribution < -0.4 is 4.90 Å². The van der Waals surface area contributed by atoms with Crippen LogP contribution in [0.4, 0.5) is 5.69 Å². The molecule has 0 atom stereocenters. The van der Waals surface area contributed by atoms with E-state index in [1.807, 2.05) is 0 Å². The molecule has 2 nitrogen and oxygen atoms in total. The van der Waals surface area contributed by atoms with Crippen LogP contribution >= 0.6 is 0 Å². The molecule has 1 aromatic heterocycles. The van der Waals surface area contributed by atoms with Crippen molar-refractivity contribution in [2.45, 2.75) is 13.8 Å². The van der Waals surface area contributed by atoms with Gasteiger partial charge >= 0.3 is 0 Å². The fourth-order valence-electron chi connectivity index (χ4n) is 5.59. The van der Waals surface area contributed by atoms with Gasteiger partial charge in [-0.2, -0.15) is 0 Å². The molecule has 0 aliphatic carbocycles. The molecule has 0 unspecified atom stereocenters. The van der Waals surface area contributed by atoms with Gasteiger partial charge in [0.15, 0.2) is 0 Å². The van der Waals surface area contributed by atoms with Crippen molar-refractivity contribution in [1.29, 1.82) is 0 Å². The Morgan fingerprint density at radius 1 is 0.525 bits per heavy atom. The summed E-state index contributed by atoms with van der Waals surface area (Å²) < 4.78 is 0. The molecule has 7 rings (SSSR count). The number of hydrogen-bond acceptors (Lipinski definition) is 1. The minimum Gasteiger partial charge on any atom is -0.372 e. The van der Waals surface area contributed by atoms with Gasteiger partial charge in [-0.25, -0.2) is 0 Å². The van der Waals surface area contributed by atoms with Gasteiger partial charge < -0.3 is 9.88 Å². The van der Waals surface area contributed by atoms with E-state index >= 15 is 0 Å². The van der Waals surface area contributed by atoms with Gasteiger partial charge in [-0.05, 0) is 76.9 Å². The zero-order valence-electron chi connectivity index (χ0n) is 23.1. The third-order valence-electron chi connectivity index (χ3n) is 7.69. The van der Waals surface area contributed by atoms with Crippen LogP contribution in [0.5, 0.6) is 0 Å². The van der Waals surface area contributed by atoms with Gasteiger partial charge in [0, 0.05) is 40.6 Å². The minimum absolute atomic E-state index is 1.04. The molecule has 0 amide bonds. The van der Waals surface area contributed by atoms with Crippen molar-refractivity contribution in [1.82, 2.24) is 4.98 Å². The highest BCUT2D eigenvalue weighted by molar-refractivity contribution is 6.08. The number of fused-ring (bicyclic) bond motifs is 5. The Labute approximate surface area is 236 Å². The van der Waals surface area contributed by atoms with Crippen LogP contribution in [0.1, 0.15) is 25.0 Å². The van der Waals surface area contributed by atoms with Gasteiger partial charge in [-0.1, -0.05) is 109 Å². The van der Waals surface area contributed by atoms with Crippen molar-refractivity contribution in [2.24, 2.45) is 0 Å². The van der Waals surface area contributed by atoms with Crippen LogP contribution in [0.2, 0.25) is 0 Å². The van der Waals surface area contributed by atoms with Crippen molar-refractivity contribution in [2.75, 3.05) is 18.0 Å². The first kappa shape index (κ1) is 25.5. The number of nitrogens with zero attached hydrogens (tertiary/aromatic N) is 1. The van der Waals surface area contributed by atoms with E-state index in [9.17, 15) is 0 Å². The molecule has 0 fully saturated rings. The lowest BCUT2D eigenvalue weighted by Gasteiger charge is -2.20. The molecule has 0 spiro atoms. The first-order valence-electron chi connectivity index (χ1n) is 14.1. The standard InChI is InChI=1S/C26H25N.C12H9N/c1-3-27(4-2)23-16-13-20(14-17-23)15-18-26-24-11-7-5-9-21(24)19-22-10-6-8-12-25(22)26;1-3-7-11-9(5-1)10-6-2-4-8-12(10)13-11/h5-19H,3-4H2,1-2H3;1-8,13H. The average molecular weight is 519 g/mol. The molecule has 0 saturated heterocycles. The Hall–Kier alpha value is -4.82. The topological polar surface area (TPSA) is 19.0 Å². The van der Waals surface area contributed by atoms with Gasteiger partial charge in [0.2, 0.25) is 0 Å². The number of para-hydroxylation sites is 2. The SMILES string of the molecule is CCN(CC)c1ccc(C=Cc2c3ccccc3cc3ccccc23)cc1.c1ccc2c(c1)[nH]c1ccccc12. The summed E-state index contributed by atoms with van der Waals surface area (Å²) in [5.74, 6) is 0. The maximum Gasteiger partial charge on any atom is 0.0464 e. The minimum atomic E-state index is 1.04. The Kier molecular flexibility index (Phi) is 7.32. The van der Waals surface area contributed by atoms with Crippen molar-refractivity contribution in [3.8, 4) is 0 Å². The Balaban J connectivity index is 0.000000184. The van der Waals surface area contributed by atoms with Gasteiger partial charge in [-0.15, -0.1) is 0 Å². The van der Waals surface area contributed by atoms with Crippen LogP contribution in [0.25, 0.3) is 55.5 Å². The molecule has 0 radical (unpaired) electrons. The lowest BCUT2D eigenvalue weighted by Crippen LogP contribution is -2.21. The number of H-pyrrole nitrogens is 1. The van der Waals surface area contributed by atoms with Gasteiger partial charge in [0.05, 0.1) is 0 Å². The largest absolute Gasteiger partial charge is 0.372 e. The summed E-state index contributed by atoms with van der Waals surface area (Å²) >= 11 is 0. The summed E-state index contributed by atoms with van der Waals surface area (Å²) in [5, 5.41) is 7.77. The first-order chi connectivity index (χ1) is 19.7. The summed E-state index contributed by atoms with van der Waals surface area (Å²) in [6.07, 6.45) is 4.48. The fourth-order valence-corrected chi connectivity index (χ4v) is 5.59. The quantitative estimate of drug-likeness (QED) is 0.177. The molecule has 0 aliphatic rings. The van der Waals surface area contributed by atoms with E-state index in [0.29, 0.717) is 0 Å². The lowest BCUT2D eigenvalue weighted by atomic mass is 9.96. The summed E-state index contributed by atoms with van der Waals surface area (Å²) in [7, 11) is 0. The Morgan fingerprint density at radius 2 is 1.00 bits per heavy atom. The molecular formula is C38H34N2. The maximum atomic E-state index is 3.38. The van der Waals surface area contributed by atoms with E-state index in [1.54, 1.807) is 0 Å². The average Bonchev–Trinajstić information content (AvgIpc) is 3.40.